The SMILES string of the molecule is CO[C@@H](CNC(=O)[C@@H]1CCCN(c2ncccn2)C1)c1ccccc1. The van der Waals surface area contributed by atoms with Gasteiger partial charge in [0.15, 0.2) is 0 Å². The first-order valence-electron chi connectivity index (χ1n) is 8.65. The monoisotopic (exact) mass is 340 g/mol. The number of methoxy groups -OCH3 is 1. The van der Waals surface area contributed by atoms with Gasteiger partial charge in [-0.2, -0.15) is 0 Å². The summed E-state index contributed by atoms with van der Waals surface area (Å²) in [7, 11) is 1.67. The molecule has 0 saturated carbocycles. The molecule has 1 amide bonds. The molecule has 1 fully saturated rings. The van der Waals surface area contributed by atoms with Crippen molar-refractivity contribution in [1.82, 2.24) is 15.3 Å². The largest absolute Gasteiger partial charge is 0.375 e. The van der Waals surface area contributed by atoms with Crippen molar-refractivity contribution in [3.63, 3.8) is 0 Å². The summed E-state index contributed by atoms with van der Waals surface area (Å²) in [4.78, 5) is 23.2. The lowest BCUT2D eigenvalue weighted by atomic mass is 9.97. The van der Waals surface area contributed by atoms with Gasteiger partial charge in [-0.1, -0.05) is 30.3 Å². The third-order valence-electron chi connectivity index (χ3n) is 4.54. The maximum atomic E-state index is 12.6. The minimum absolute atomic E-state index is 0.0502. The van der Waals surface area contributed by atoms with Crippen LogP contribution < -0.4 is 10.2 Å². The molecular weight excluding hydrogens is 316 g/mol. The zero-order valence-electron chi connectivity index (χ0n) is 14.5. The molecule has 3 rings (SSSR count). The summed E-state index contributed by atoms with van der Waals surface area (Å²) in [5.41, 5.74) is 1.06. The van der Waals surface area contributed by atoms with Gasteiger partial charge < -0.3 is 15.0 Å². The second-order valence-electron chi connectivity index (χ2n) is 6.21. The number of aromatic nitrogens is 2. The van der Waals surface area contributed by atoms with Gasteiger partial charge in [-0.25, -0.2) is 9.97 Å². The number of carbonyl (C=O) groups is 1. The summed E-state index contributed by atoms with van der Waals surface area (Å²) in [6.07, 6.45) is 5.17. The average molecular weight is 340 g/mol. The van der Waals surface area contributed by atoms with Crippen LogP contribution in [0.2, 0.25) is 0 Å². The maximum Gasteiger partial charge on any atom is 0.225 e. The lowest BCUT2D eigenvalue weighted by molar-refractivity contribution is -0.125. The minimum atomic E-state index is -0.137. The molecule has 1 aliphatic heterocycles. The zero-order chi connectivity index (χ0) is 17.5. The second-order valence-corrected chi connectivity index (χ2v) is 6.21. The van der Waals surface area contributed by atoms with Gasteiger partial charge in [0.1, 0.15) is 0 Å². The van der Waals surface area contributed by atoms with E-state index < -0.39 is 0 Å². The van der Waals surface area contributed by atoms with Gasteiger partial charge in [-0.05, 0) is 24.5 Å². The predicted octanol–water partition coefficient (Wildman–Crippen LogP) is 2.20. The number of nitrogens with zero attached hydrogens (tertiary/aromatic N) is 3. The number of piperidine rings is 1. The van der Waals surface area contributed by atoms with E-state index in [9.17, 15) is 4.79 Å². The molecule has 0 aliphatic carbocycles. The van der Waals surface area contributed by atoms with Crippen LogP contribution in [0.15, 0.2) is 48.8 Å². The number of amides is 1. The Labute approximate surface area is 148 Å². The van der Waals surface area contributed by atoms with E-state index in [4.69, 9.17) is 4.74 Å². The Hall–Kier alpha value is -2.47. The zero-order valence-corrected chi connectivity index (χ0v) is 14.5. The molecule has 6 heteroatoms. The van der Waals surface area contributed by atoms with Crippen molar-refractivity contribution in [2.45, 2.75) is 18.9 Å². The van der Waals surface area contributed by atoms with E-state index in [1.807, 2.05) is 30.3 Å². The summed E-state index contributed by atoms with van der Waals surface area (Å²) in [5, 5.41) is 3.04. The molecule has 0 radical (unpaired) electrons. The van der Waals surface area contributed by atoms with E-state index in [0.717, 1.165) is 24.9 Å². The van der Waals surface area contributed by atoms with Crippen LogP contribution in [0.4, 0.5) is 5.95 Å². The Kier molecular flexibility index (Phi) is 5.95. The van der Waals surface area contributed by atoms with Crippen molar-refractivity contribution in [2.24, 2.45) is 5.92 Å². The number of nitrogens with one attached hydrogen (secondary N) is 1. The quantitative estimate of drug-likeness (QED) is 0.873. The number of carbonyl (C=O) groups excluding carboxylic acids is 1. The Morgan fingerprint density at radius 3 is 2.76 bits per heavy atom. The van der Waals surface area contributed by atoms with Crippen LogP contribution in [0, 0.1) is 5.92 Å². The smallest absolute Gasteiger partial charge is 0.225 e. The van der Waals surface area contributed by atoms with Gasteiger partial charge in [-0.15, -0.1) is 0 Å². The first-order chi connectivity index (χ1) is 12.3. The van der Waals surface area contributed by atoms with E-state index >= 15 is 0 Å². The third kappa shape index (κ3) is 4.54. The second kappa shape index (κ2) is 8.58. The van der Waals surface area contributed by atoms with Crippen molar-refractivity contribution in [3.8, 4) is 0 Å². The van der Waals surface area contributed by atoms with Gasteiger partial charge in [0.25, 0.3) is 0 Å². The van der Waals surface area contributed by atoms with E-state index in [1.54, 1.807) is 25.6 Å². The van der Waals surface area contributed by atoms with Crippen molar-refractivity contribution in [2.75, 3.05) is 31.6 Å². The molecule has 2 atom stereocenters. The standard InChI is InChI=1S/C19H24N4O2/c1-25-17(15-7-3-2-4-8-15)13-22-18(24)16-9-5-12-23(14-16)19-20-10-6-11-21-19/h2-4,6-8,10-11,16-17H,5,9,12-14H2,1H3,(H,22,24)/t16-,17+/m1/s1. The normalized spacial score (nSPS) is 18.6. The van der Waals surface area contributed by atoms with Crippen LogP contribution in [0.1, 0.15) is 24.5 Å². The molecular formula is C19H24N4O2. The first-order valence-corrected chi connectivity index (χ1v) is 8.65. The van der Waals surface area contributed by atoms with Crippen LogP contribution in [-0.4, -0.2) is 42.6 Å². The van der Waals surface area contributed by atoms with Gasteiger partial charge in [-0.3, -0.25) is 4.79 Å². The van der Waals surface area contributed by atoms with E-state index in [1.165, 1.54) is 0 Å². The number of hydrogen-bond acceptors (Lipinski definition) is 5. The Bertz CT molecular complexity index is 666. The number of hydrogen-bond donors (Lipinski definition) is 1. The lowest BCUT2D eigenvalue weighted by Gasteiger charge is -2.32. The lowest BCUT2D eigenvalue weighted by Crippen LogP contribution is -2.44. The van der Waals surface area contributed by atoms with E-state index in [0.29, 0.717) is 19.0 Å². The summed E-state index contributed by atoms with van der Waals surface area (Å²) < 4.78 is 5.52. The molecule has 132 valence electrons. The average Bonchev–Trinajstić information content (AvgIpc) is 2.70. The fraction of sp³-hybridized carbons (Fsp3) is 0.421. The number of anilines is 1. The summed E-state index contributed by atoms with van der Waals surface area (Å²) in [6, 6.07) is 11.7. The predicted molar refractivity (Wildman–Crippen MR) is 96.2 cm³/mol. The van der Waals surface area contributed by atoms with E-state index in [2.05, 4.69) is 20.2 Å². The fourth-order valence-corrected chi connectivity index (χ4v) is 3.17. The van der Waals surface area contributed by atoms with Gasteiger partial charge in [0.2, 0.25) is 11.9 Å². The van der Waals surface area contributed by atoms with Gasteiger partial charge >= 0.3 is 0 Å². The first kappa shape index (κ1) is 17.4. The van der Waals surface area contributed by atoms with Crippen LogP contribution in [0.5, 0.6) is 0 Å². The van der Waals surface area contributed by atoms with Gasteiger partial charge in [0, 0.05) is 39.1 Å². The molecule has 0 spiro atoms. The Morgan fingerprint density at radius 1 is 1.28 bits per heavy atom. The topological polar surface area (TPSA) is 67.3 Å². The highest BCUT2D eigenvalue weighted by Crippen LogP contribution is 2.21. The number of ether oxygens (including phenoxy) is 1. The minimum Gasteiger partial charge on any atom is -0.375 e. The highest BCUT2D eigenvalue weighted by Gasteiger charge is 2.27. The molecule has 2 aromatic rings. The molecule has 1 N–H and O–H groups in total. The third-order valence-corrected chi connectivity index (χ3v) is 4.54. The molecule has 25 heavy (non-hydrogen) atoms. The number of benzene rings is 1. The molecule has 2 heterocycles. The Balaban J connectivity index is 1.55. The molecule has 1 aliphatic rings. The van der Waals surface area contributed by atoms with Crippen molar-refractivity contribution < 1.29 is 9.53 Å². The van der Waals surface area contributed by atoms with Crippen molar-refractivity contribution >= 4 is 11.9 Å². The molecule has 1 aromatic heterocycles. The van der Waals surface area contributed by atoms with Crippen LogP contribution in [0.3, 0.4) is 0 Å². The van der Waals surface area contributed by atoms with Crippen molar-refractivity contribution in [1.29, 1.82) is 0 Å². The summed E-state index contributed by atoms with van der Waals surface area (Å²) >= 11 is 0. The fourth-order valence-electron chi connectivity index (χ4n) is 3.17. The highest BCUT2D eigenvalue weighted by molar-refractivity contribution is 5.79. The van der Waals surface area contributed by atoms with Crippen LogP contribution >= 0.6 is 0 Å². The molecule has 1 saturated heterocycles. The maximum absolute atomic E-state index is 12.6. The highest BCUT2D eigenvalue weighted by atomic mass is 16.5. The number of rotatable bonds is 6. The summed E-state index contributed by atoms with van der Waals surface area (Å²) in [5.74, 6) is 0.712. The van der Waals surface area contributed by atoms with E-state index in [-0.39, 0.29) is 17.9 Å². The van der Waals surface area contributed by atoms with Crippen molar-refractivity contribution in [3.05, 3.63) is 54.4 Å². The molecule has 0 bridgehead atoms. The molecule has 1 aromatic carbocycles. The Morgan fingerprint density at radius 2 is 2.04 bits per heavy atom. The summed E-state index contributed by atoms with van der Waals surface area (Å²) in [6.45, 7) is 2.01. The van der Waals surface area contributed by atoms with Gasteiger partial charge in [0.05, 0.1) is 12.0 Å². The van der Waals surface area contributed by atoms with Crippen LogP contribution in [0.25, 0.3) is 0 Å². The van der Waals surface area contributed by atoms with Crippen LogP contribution in [-0.2, 0) is 9.53 Å². The molecule has 0 unspecified atom stereocenters. The molecule has 6 nitrogen and oxygen atoms in total.